The summed E-state index contributed by atoms with van der Waals surface area (Å²) in [5.41, 5.74) is 6.54. The van der Waals surface area contributed by atoms with Gasteiger partial charge in [-0.3, -0.25) is 4.90 Å². The van der Waals surface area contributed by atoms with Gasteiger partial charge in [-0.25, -0.2) is 4.98 Å². The zero-order valence-corrected chi connectivity index (χ0v) is 23.3. The Bertz CT molecular complexity index is 1200. The van der Waals surface area contributed by atoms with Crippen LogP contribution in [0.2, 0.25) is 0 Å². The molecule has 0 spiro atoms. The van der Waals surface area contributed by atoms with E-state index < -0.39 is 0 Å². The van der Waals surface area contributed by atoms with Crippen LogP contribution in [-0.4, -0.2) is 21.0 Å². The van der Waals surface area contributed by atoms with E-state index in [0.29, 0.717) is 5.92 Å². The fourth-order valence-electron chi connectivity index (χ4n) is 4.37. The molecular formula is C31H36IN3. The standard InChI is InChI=1S/C31H36IN3/c1-24(2)16-18-34(22-27-15-14-25(3)30(32)20-27)23-29-21-33-31(28-12-8-5-9-13-28)35(29)19-17-26-10-6-4-7-11-26/h4-15,20-21,24H,16-19,22-23H2,1-3H3. The first kappa shape index (κ1) is 25.6. The van der Waals surface area contributed by atoms with E-state index >= 15 is 0 Å². The molecule has 4 rings (SSSR count). The normalized spacial score (nSPS) is 11.5. The molecule has 0 N–H and O–H groups in total. The number of aryl methyl sites for hydroxylation is 2. The quantitative estimate of drug-likeness (QED) is 0.170. The summed E-state index contributed by atoms with van der Waals surface area (Å²) >= 11 is 2.45. The van der Waals surface area contributed by atoms with E-state index in [1.807, 2.05) is 0 Å². The predicted molar refractivity (Wildman–Crippen MR) is 155 cm³/mol. The van der Waals surface area contributed by atoms with Gasteiger partial charge < -0.3 is 4.57 Å². The van der Waals surface area contributed by atoms with Crippen LogP contribution in [0, 0.1) is 16.4 Å². The lowest BCUT2D eigenvalue weighted by atomic mass is 10.1. The van der Waals surface area contributed by atoms with Crippen LogP contribution in [0.15, 0.2) is 85.1 Å². The highest BCUT2D eigenvalue weighted by Crippen LogP contribution is 2.23. The van der Waals surface area contributed by atoms with E-state index in [2.05, 4.69) is 138 Å². The molecule has 0 fully saturated rings. The molecule has 0 saturated heterocycles. The molecule has 3 aromatic carbocycles. The van der Waals surface area contributed by atoms with Crippen molar-refractivity contribution < 1.29 is 0 Å². The highest BCUT2D eigenvalue weighted by Gasteiger charge is 2.16. The highest BCUT2D eigenvalue weighted by atomic mass is 127. The van der Waals surface area contributed by atoms with Crippen molar-refractivity contribution in [2.24, 2.45) is 5.92 Å². The third-order valence-corrected chi connectivity index (χ3v) is 7.65. The average molecular weight is 578 g/mol. The minimum absolute atomic E-state index is 0.679. The van der Waals surface area contributed by atoms with Gasteiger partial charge >= 0.3 is 0 Å². The van der Waals surface area contributed by atoms with E-state index in [1.165, 1.54) is 37.9 Å². The van der Waals surface area contributed by atoms with Gasteiger partial charge in [0, 0.05) is 28.8 Å². The number of imidazole rings is 1. The molecular weight excluding hydrogens is 541 g/mol. The Morgan fingerprint density at radius 1 is 0.886 bits per heavy atom. The zero-order valence-electron chi connectivity index (χ0n) is 21.1. The predicted octanol–water partition coefficient (Wildman–Crippen LogP) is 7.75. The summed E-state index contributed by atoms with van der Waals surface area (Å²) in [5, 5.41) is 0. The van der Waals surface area contributed by atoms with Gasteiger partial charge in [0.2, 0.25) is 0 Å². The number of hydrogen-bond donors (Lipinski definition) is 0. The van der Waals surface area contributed by atoms with E-state index in [-0.39, 0.29) is 0 Å². The zero-order chi connectivity index (χ0) is 24.6. The van der Waals surface area contributed by atoms with Crippen molar-refractivity contribution in [2.45, 2.75) is 53.2 Å². The first-order valence-electron chi connectivity index (χ1n) is 12.6. The monoisotopic (exact) mass is 577 g/mol. The largest absolute Gasteiger partial charge is 0.326 e. The fourth-order valence-corrected chi connectivity index (χ4v) is 4.95. The average Bonchev–Trinajstić information content (AvgIpc) is 3.27. The van der Waals surface area contributed by atoms with Crippen molar-refractivity contribution >= 4 is 22.6 Å². The summed E-state index contributed by atoms with van der Waals surface area (Å²) in [5.74, 6) is 1.74. The Morgan fingerprint density at radius 2 is 1.60 bits per heavy atom. The minimum Gasteiger partial charge on any atom is -0.326 e. The number of nitrogens with zero attached hydrogens (tertiary/aromatic N) is 3. The van der Waals surface area contributed by atoms with Crippen LogP contribution in [0.5, 0.6) is 0 Å². The second-order valence-corrected chi connectivity index (χ2v) is 11.0. The van der Waals surface area contributed by atoms with Crippen molar-refractivity contribution in [2.75, 3.05) is 6.54 Å². The molecule has 3 nitrogen and oxygen atoms in total. The topological polar surface area (TPSA) is 21.1 Å². The molecule has 0 radical (unpaired) electrons. The van der Waals surface area contributed by atoms with Crippen molar-refractivity contribution in [3.05, 3.63) is 111 Å². The molecule has 0 aliphatic rings. The van der Waals surface area contributed by atoms with Crippen molar-refractivity contribution in [1.82, 2.24) is 14.5 Å². The summed E-state index contributed by atoms with van der Waals surface area (Å²) in [6.07, 6.45) is 4.27. The summed E-state index contributed by atoms with van der Waals surface area (Å²) in [6, 6.07) is 28.2. The minimum atomic E-state index is 0.679. The van der Waals surface area contributed by atoms with Crippen LogP contribution in [0.4, 0.5) is 0 Å². The second kappa shape index (κ2) is 12.5. The van der Waals surface area contributed by atoms with Gasteiger partial charge in [-0.1, -0.05) is 86.6 Å². The van der Waals surface area contributed by atoms with Crippen molar-refractivity contribution in [1.29, 1.82) is 0 Å². The fraction of sp³-hybridized carbons (Fsp3) is 0.323. The molecule has 0 bridgehead atoms. The van der Waals surface area contributed by atoms with Gasteiger partial charge in [0.15, 0.2) is 0 Å². The van der Waals surface area contributed by atoms with Gasteiger partial charge in [0.1, 0.15) is 5.82 Å². The van der Waals surface area contributed by atoms with Gasteiger partial charge in [0.25, 0.3) is 0 Å². The molecule has 1 aromatic heterocycles. The van der Waals surface area contributed by atoms with E-state index in [4.69, 9.17) is 4.98 Å². The molecule has 0 aliphatic heterocycles. The number of aromatic nitrogens is 2. The lowest BCUT2D eigenvalue weighted by molar-refractivity contribution is 0.235. The smallest absolute Gasteiger partial charge is 0.140 e. The van der Waals surface area contributed by atoms with Crippen molar-refractivity contribution in [3.63, 3.8) is 0 Å². The number of hydrogen-bond acceptors (Lipinski definition) is 2. The van der Waals surface area contributed by atoms with Crippen LogP contribution in [0.1, 0.15) is 42.7 Å². The highest BCUT2D eigenvalue weighted by molar-refractivity contribution is 14.1. The second-order valence-electron chi connectivity index (χ2n) is 9.80. The molecule has 0 aliphatic carbocycles. The lowest BCUT2D eigenvalue weighted by Gasteiger charge is -2.25. The maximum absolute atomic E-state index is 4.91. The SMILES string of the molecule is Cc1ccc(CN(CCC(C)C)Cc2cnc(-c3ccccc3)n2CCc2ccccc2)cc1I. The van der Waals surface area contributed by atoms with Crippen LogP contribution >= 0.6 is 22.6 Å². The van der Waals surface area contributed by atoms with Crippen LogP contribution in [-0.2, 0) is 26.1 Å². The summed E-state index contributed by atoms with van der Waals surface area (Å²) in [7, 11) is 0. The third-order valence-electron chi connectivity index (χ3n) is 6.49. The van der Waals surface area contributed by atoms with E-state index in [9.17, 15) is 0 Å². The van der Waals surface area contributed by atoms with Gasteiger partial charge in [-0.2, -0.15) is 0 Å². The summed E-state index contributed by atoms with van der Waals surface area (Å²) in [4.78, 5) is 7.50. The van der Waals surface area contributed by atoms with Gasteiger partial charge in [0.05, 0.1) is 11.9 Å². The van der Waals surface area contributed by atoms with Crippen LogP contribution in [0.25, 0.3) is 11.4 Å². The lowest BCUT2D eigenvalue weighted by Crippen LogP contribution is -2.26. The molecule has 35 heavy (non-hydrogen) atoms. The molecule has 4 aromatic rings. The number of halogens is 1. The third kappa shape index (κ3) is 7.28. The Kier molecular flexibility index (Phi) is 9.16. The Hall–Kier alpha value is -2.44. The number of rotatable bonds is 11. The number of benzene rings is 3. The van der Waals surface area contributed by atoms with E-state index in [1.54, 1.807) is 0 Å². The van der Waals surface area contributed by atoms with Gasteiger partial charge in [-0.15, -0.1) is 0 Å². The first-order chi connectivity index (χ1) is 17.0. The molecule has 182 valence electrons. The maximum Gasteiger partial charge on any atom is 0.140 e. The summed E-state index contributed by atoms with van der Waals surface area (Å²) < 4.78 is 3.77. The molecule has 0 unspecified atom stereocenters. The molecule has 0 atom stereocenters. The molecule has 1 heterocycles. The van der Waals surface area contributed by atoms with Crippen molar-refractivity contribution in [3.8, 4) is 11.4 Å². The van der Waals surface area contributed by atoms with Crippen LogP contribution < -0.4 is 0 Å². The molecule has 0 saturated carbocycles. The Morgan fingerprint density at radius 3 is 2.29 bits per heavy atom. The molecule has 4 heteroatoms. The van der Waals surface area contributed by atoms with E-state index in [0.717, 1.165) is 38.4 Å². The maximum atomic E-state index is 4.91. The van der Waals surface area contributed by atoms with Gasteiger partial charge in [-0.05, 0) is 77.6 Å². The van der Waals surface area contributed by atoms with Crippen LogP contribution in [0.3, 0.4) is 0 Å². The summed E-state index contributed by atoms with van der Waals surface area (Å²) in [6.45, 7) is 10.6. The Labute approximate surface area is 224 Å². The Balaban J connectivity index is 1.61. The first-order valence-corrected chi connectivity index (χ1v) is 13.7. The molecule has 0 amide bonds.